The van der Waals surface area contributed by atoms with Gasteiger partial charge >= 0.3 is 5.97 Å². The summed E-state index contributed by atoms with van der Waals surface area (Å²) in [6.45, 7) is 5.40. The first-order chi connectivity index (χ1) is 8.84. The van der Waals surface area contributed by atoms with Crippen molar-refractivity contribution in [1.29, 1.82) is 0 Å². The molecule has 0 spiro atoms. The first-order valence-corrected chi connectivity index (χ1v) is 6.45. The molecule has 1 aromatic rings. The van der Waals surface area contributed by atoms with Crippen LogP contribution in [0, 0.1) is 20.8 Å². The SMILES string of the molecule is Cc1oc(C)c(C(=O)NC2(CC(=O)O)CCC2)c1C. The Morgan fingerprint density at radius 1 is 1.26 bits per heavy atom. The maximum Gasteiger partial charge on any atom is 0.305 e. The number of hydrogen-bond acceptors (Lipinski definition) is 3. The van der Waals surface area contributed by atoms with Gasteiger partial charge in [0.1, 0.15) is 11.5 Å². The van der Waals surface area contributed by atoms with E-state index in [2.05, 4.69) is 5.32 Å². The van der Waals surface area contributed by atoms with E-state index in [4.69, 9.17) is 9.52 Å². The Labute approximate surface area is 112 Å². The van der Waals surface area contributed by atoms with Crippen LogP contribution in [-0.4, -0.2) is 22.5 Å². The minimum atomic E-state index is -0.878. The van der Waals surface area contributed by atoms with E-state index in [0.29, 0.717) is 11.3 Å². The van der Waals surface area contributed by atoms with Gasteiger partial charge in [-0.2, -0.15) is 0 Å². The van der Waals surface area contributed by atoms with Gasteiger partial charge in [-0.1, -0.05) is 0 Å². The number of aryl methyl sites for hydroxylation is 2. The number of amides is 1. The predicted molar refractivity (Wildman–Crippen MR) is 69.2 cm³/mol. The summed E-state index contributed by atoms with van der Waals surface area (Å²) in [5, 5.41) is 11.8. The molecular formula is C14H19NO4. The highest BCUT2D eigenvalue weighted by molar-refractivity contribution is 5.97. The fraction of sp³-hybridized carbons (Fsp3) is 0.571. The summed E-state index contributed by atoms with van der Waals surface area (Å²) in [5.74, 6) is 0.200. The smallest absolute Gasteiger partial charge is 0.305 e. The molecule has 0 aromatic carbocycles. The van der Waals surface area contributed by atoms with Crippen LogP contribution in [0.25, 0.3) is 0 Å². The maximum atomic E-state index is 12.3. The van der Waals surface area contributed by atoms with Gasteiger partial charge < -0.3 is 14.8 Å². The van der Waals surface area contributed by atoms with Crippen molar-refractivity contribution in [2.75, 3.05) is 0 Å². The third-order valence-corrected chi connectivity index (χ3v) is 3.97. The molecule has 0 saturated heterocycles. The molecule has 5 heteroatoms. The Morgan fingerprint density at radius 2 is 1.89 bits per heavy atom. The van der Waals surface area contributed by atoms with Crippen molar-refractivity contribution >= 4 is 11.9 Å². The number of carboxylic acid groups (broad SMARTS) is 1. The summed E-state index contributed by atoms with van der Waals surface area (Å²) in [4.78, 5) is 23.2. The molecule has 0 unspecified atom stereocenters. The lowest BCUT2D eigenvalue weighted by Crippen LogP contribution is -2.54. The molecule has 1 aliphatic carbocycles. The number of furan rings is 1. The monoisotopic (exact) mass is 265 g/mol. The van der Waals surface area contributed by atoms with E-state index in [1.54, 1.807) is 6.92 Å². The molecule has 2 N–H and O–H groups in total. The van der Waals surface area contributed by atoms with Crippen LogP contribution in [0.5, 0.6) is 0 Å². The Morgan fingerprint density at radius 3 is 2.26 bits per heavy atom. The standard InChI is InChI=1S/C14H19NO4/c1-8-9(2)19-10(3)12(8)13(18)15-14(5-4-6-14)7-11(16)17/h4-7H2,1-3H3,(H,15,18)(H,16,17). The van der Waals surface area contributed by atoms with Crippen LogP contribution in [0.4, 0.5) is 0 Å². The Bertz CT molecular complexity index is 526. The Hall–Kier alpha value is -1.78. The van der Waals surface area contributed by atoms with E-state index >= 15 is 0 Å². The van der Waals surface area contributed by atoms with Gasteiger partial charge in [0.05, 0.1) is 17.5 Å². The van der Waals surface area contributed by atoms with Crippen LogP contribution in [-0.2, 0) is 4.79 Å². The van der Waals surface area contributed by atoms with Crippen molar-refractivity contribution in [3.63, 3.8) is 0 Å². The normalized spacial score (nSPS) is 16.8. The van der Waals surface area contributed by atoms with Crippen LogP contribution < -0.4 is 5.32 Å². The van der Waals surface area contributed by atoms with Crippen molar-refractivity contribution < 1.29 is 19.1 Å². The van der Waals surface area contributed by atoms with Gasteiger partial charge in [0.2, 0.25) is 0 Å². The molecule has 104 valence electrons. The van der Waals surface area contributed by atoms with E-state index in [1.807, 2.05) is 13.8 Å². The lowest BCUT2D eigenvalue weighted by Gasteiger charge is -2.41. The van der Waals surface area contributed by atoms with Gasteiger partial charge in [-0.3, -0.25) is 9.59 Å². The quantitative estimate of drug-likeness (QED) is 0.875. The summed E-state index contributed by atoms with van der Waals surface area (Å²) in [7, 11) is 0. The third-order valence-electron chi connectivity index (χ3n) is 3.97. The molecule has 0 aliphatic heterocycles. The minimum Gasteiger partial charge on any atom is -0.481 e. The molecule has 2 rings (SSSR count). The number of carbonyl (C=O) groups excluding carboxylic acids is 1. The highest BCUT2D eigenvalue weighted by Crippen LogP contribution is 2.35. The highest BCUT2D eigenvalue weighted by Gasteiger charge is 2.41. The molecule has 1 amide bonds. The topological polar surface area (TPSA) is 79.5 Å². The fourth-order valence-corrected chi connectivity index (χ4v) is 2.67. The van der Waals surface area contributed by atoms with Crippen LogP contribution >= 0.6 is 0 Å². The van der Waals surface area contributed by atoms with Gasteiger partial charge in [0, 0.05) is 5.56 Å². The summed E-state index contributed by atoms with van der Waals surface area (Å²) in [6, 6.07) is 0. The number of carboxylic acids is 1. The van der Waals surface area contributed by atoms with Crippen molar-refractivity contribution in [3.8, 4) is 0 Å². The number of hydrogen-bond donors (Lipinski definition) is 2. The first kappa shape index (κ1) is 13.6. The van der Waals surface area contributed by atoms with Crippen LogP contribution in [0.15, 0.2) is 4.42 Å². The van der Waals surface area contributed by atoms with Crippen molar-refractivity contribution in [3.05, 3.63) is 22.6 Å². The lowest BCUT2D eigenvalue weighted by molar-refractivity contribution is -0.139. The van der Waals surface area contributed by atoms with Gasteiger partial charge in [-0.15, -0.1) is 0 Å². The number of nitrogens with one attached hydrogen (secondary N) is 1. The average molecular weight is 265 g/mol. The van der Waals surface area contributed by atoms with E-state index in [-0.39, 0.29) is 12.3 Å². The van der Waals surface area contributed by atoms with Gasteiger partial charge in [0.15, 0.2) is 0 Å². The van der Waals surface area contributed by atoms with E-state index in [0.717, 1.165) is 30.6 Å². The van der Waals surface area contributed by atoms with Crippen molar-refractivity contribution in [1.82, 2.24) is 5.32 Å². The zero-order chi connectivity index (χ0) is 14.2. The minimum absolute atomic E-state index is 0.0202. The molecule has 1 heterocycles. The van der Waals surface area contributed by atoms with E-state index in [1.165, 1.54) is 0 Å². The second kappa shape index (κ2) is 4.72. The zero-order valence-corrected chi connectivity index (χ0v) is 11.5. The largest absolute Gasteiger partial charge is 0.481 e. The number of carbonyl (C=O) groups is 2. The van der Waals surface area contributed by atoms with Crippen LogP contribution in [0.1, 0.15) is 53.1 Å². The zero-order valence-electron chi connectivity index (χ0n) is 11.5. The Balaban J connectivity index is 2.18. The average Bonchev–Trinajstić information content (AvgIpc) is 2.49. The molecule has 19 heavy (non-hydrogen) atoms. The molecular weight excluding hydrogens is 246 g/mol. The summed E-state index contributed by atoms with van der Waals surface area (Å²) in [6.07, 6.45) is 2.38. The molecule has 1 fully saturated rings. The van der Waals surface area contributed by atoms with Gasteiger partial charge in [-0.05, 0) is 40.0 Å². The molecule has 0 atom stereocenters. The first-order valence-electron chi connectivity index (χ1n) is 6.45. The molecule has 1 aliphatic rings. The van der Waals surface area contributed by atoms with Gasteiger partial charge in [-0.25, -0.2) is 0 Å². The second-order valence-corrected chi connectivity index (χ2v) is 5.37. The fourth-order valence-electron chi connectivity index (χ4n) is 2.67. The number of rotatable bonds is 4. The summed E-state index contributed by atoms with van der Waals surface area (Å²) < 4.78 is 5.44. The lowest BCUT2D eigenvalue weighted by atomic mass is 9.74. The molecule has 5 nitrogen and oxygen atoms in total. The molecule has 0 bridgehead atoms. The van der Waals surface area contributed by atoms with E-state index in [9.17, 15) is 9.59 Å². The third kappa shape index (κ3) is 2.50. The van der Waals surface area contributed by atoms with E-state index < -0.39 is 11.5 Å². The maximum absolute atomic E-state index is 12.3. The Kier molecular flexibility index (Phi) is 3.39. The molecule has 0 radical (unpaired) electrons. The van der Waals surface area contributed by atoms with Crippen molar-refractivity contribution in [2.45, 2.75) is 52.0 Å². The van der Waals surface area contributed by atoms with Gasteiger partial charge in [0.25, 0.3) is 5.91 Å². The molecule has 1 aromatic heterocycles. The number of aliphatic carboxylic acids is 1. The van der Waals surface area contributed by atoms with Crippen molar-refractivity contribution in [2.24, 2.45) is 0 Å². The second-order valence-electron chi connectivity index (χ2n) is 5.37. The summed E-state index contributed by atoms with van der Waals surface area (Å²) in [5.41, 5.74) is 0.779. The van der Waals surface area contributed by atoms with Crippen LogP contribution in [0.2, 0.25) is 0 Å². The highest BCUT2D eigenvalue weighted by atomic mass is 16.4. The van der Waals surface area contributed by atoms with Crippen LogP contribution in [0.3, 0.4) is 0 Å². The summed E-state index contributed by atoms with van der Waals surface area (Å²) >= 11 is 0. The predicted octanol–water partition coefficient (Wildman–Crippen LogP) is 2.33. The molecule has 1 saturated carbocycles.